The molecule has 4 N–H and O–H groups in total. The molecule has 1 aromatic rings. The fourth-order valence-corrected chi connectivity index (χ4v) is 1.27. The first-order valence-electron chi connectivity index (χ1n) is 4.51. The van der Waals surface area contributed by atoms with Crippen LogP contribution in [-0.2, 0) is 0 Å². The number of alkyl halides is 2. The van der Waals surface area contributed by atoms with Crippen molar-refractivity contribution >= 4 is 0 Å². The number of phenolic OH excluding ortho intramolecular Hbond substituents is 1. The van der Waals surface area contributed by atoms with Gasteiger partial charge in [-0.3, -0.25) is 0 Å². The third-order valence-electron chi connectivity index (χ3n) is 2.27. The number of nitriles is 1. The highest BCUT2D eigenvalue weighted by molar-refractivity contribution is 5.50. The summed E-state index contributed by atoms with van der Waals surface area (Å²) in [6.07, 6.45) is 0. The van der Waals surface area contributed by atoms with Crippen LogP contribution in [0.3, 0.4) is 0 Å². The number of phenols is 1. The number of aromatic hydroxyl groups is 1. The average molecular weight is 246 g/mol. The Labute approximate surface area is 94.7 Å². The van der Waals surface area contributed by atoms with Crippen LogP contribution in [0.15, 0.2) is 12.1 Å². The van der Waals surface area contributed by atoms with Crippen LogP contribution in [-0.4, -0.2) is 22.7 Å². The molecule has 0 saturated heterocycles. The summed E-state index contributed by atoms with van der Waals surface area (Å²) in [5.41, 5.74) is 3.90. The summed E-state index contributed by atoms with van der Waals surface area (Å²) in [6.45, 7) is -1.52. The molecule has 0 heterocycles. The van der Waals surface area contributed by atoms with Gasteiger partial charge in [-0.1, -0.05) is 6.07 Å². The summed E-state index contributed by atoms with van der Waals surface area (Å²) < 4.78 is 39.2. The number of rotatable bonds is 3. The Balaban J connectivity index is 3.31. The maximum atomic E-state index is 13.1. The standard InChI is InChI=1S/C10H9F3N2O2/c11-7-2-1-5(8(17)6(7)3-14)9(15)10(12,13)4-16/h1-2,9,16-17H,4,15H2/t9-/m1/s1. The van der Waals surface area contributed by atoms with Crippen molar-refractivity contribution in [3.8, 4) is 11.8 Å². The summed E-state index contributed by atoms with van der Waals surface area (Å²) >= 11 is 0. The first-order valence-corrected chi connectivity index (χ1v) is 4.51. The molecule has 0 aliphatic rings. The summed E-state index contributed by atoms with van der Waals surface area (Å²) in [5.74, 6) is -5.65. The van der Waals surface area contributed by atoms with E-state index in [0.717, 1.165) is 12.1 Å². The molecule has 0 fully saturated rings. The van der Waals surface area contributed by atoms with Crippen molar-refractivity contribution < 1.29 is 23.4 Å². The largest absolute Gasteiger partial charge is 0.506 e. The van der Waals surface area contributed by atoms with Gasteiger partial charge in [0, 0.05) is 5.56 Å². The van der Waals surface area contributed by atoms with E-state index in [9.17, 15) is 18.3 Å². The predicted octanol–water partition coefficient (Wildman–Crippen LogP) is 1.03. The minimum absolute atomic E-state index is 0.498. The second-order valence-electron chi connectivity index (χ2n) is 3.37. The highest BCUT2D eigenvalue weighted by Gasteiger charge is 2.39. The van der Waals surface area contributed by atoms with Crippen LogP contribution in [0.2, 0.25) is 0 Å². The summed E-state index contributed by atoms with van der Waals surface area (Å²) in [6, 6.07) is 0.911. The van der Waals surface area contributed by atoms with E-state index in [4.69, 9.17) is 16.1 Å². The Bertz CT molecular complexity index is 471. The minimum atomic E-state index is -3.68. The molecular formula is C10H9F3N2O2. The number of hydrogen-bond acceptors (Lipinski definition) is 4. The number of aliphatic hydroxyl groups excluding tert-OH is 1. The van der Waals surface area contributed by atoms with Crippen LogP contribution in [0.1, 0.15) is 17.2 Å². The topological polar surface area (TPSA) is 90.3 Å². The quantitative estimate of drug-likeness (QED) is 0.743. The predicted molar refractivity (Wildman–Crippen MR) is 51.7 cm³/mol. The lowest BCUT2D eigenvalue weighted by molar-refractivity contribution is -0.0716. The van der Waals surface area contributed by atoms with E-state index >= 15 is 0 Å². The second kappa shape index (κ2) is 4.61. The van der Waals surface area contributed by atoms with Crippen LogP contribution in [0.4, 0.5) is 13.2 Å². The number of benzene rings is 1. The van der Waals surface area contributed by atoms with Crippen molar-refractivity contribution in [3.05, 3.63) is 29.1 Å². The third-order valence-corrected chi connectivity index (χ3v) is 2.27. The Morgan fingerprint density at radius 3 is 2.53 bits per heavy atom. The van der Waals surface area contributed by atoms with Crippen molar-refractivity contribution in [1.29, 1.82) is 5.26 Å². The molecular weight excluding hydrogens is 237 g/mol. The van der Waals surface area contributed by atoms with Gasteiger partial charge in [0.25, 0.3) is 5.92 Å². The van der Waals surface area contributed by atoms with Gasteiger partial charge < -0.3 is 15.9 Å². The SMILES string of the molecule is N#Cc1c(F)ccc([C@@H](N)C(F)(F)CO)c1O. The Morgan fingerprint density at radius 2 is 2.06 bits per heavy atom. The van der Waals surface area contributed by atoms with Gasteiger partial charge in [-0.05, 0) is 6.07 Å². The van der Waals surface area contributed by atoms with Crippen LogP contribution >= 0.6 is 0 Å². The van der Waals surface area contributed by atoms with Crippen molar-refractivity contribution in [2.24, 2.45) is 5.73 Å². The zero-order valence-corrected chi connectivity index (χ0v) is 8.49. The molecule has 0 bridgehead atoms. The maximum absolute atomic E-state index is 13.1. The van der Waals surface area contributed by atoms with Crippen LogP contribution in [0.5, 0.6) is 5.75 Å². The van der Waals surface area contributed by atoms with Gasteiger partial charge in [0.1, 0.15) is 35.8 Å². The fourth-order valence-electron chi connectivity index (χ4n) is 1.27. The molecule has 0 aromatic heterocycles. The highest BCUT2D eigenvalue weighted by atomic mass is 19.3. The monoisotopic (exact) mass is 246 g/mol. The number of aliphatic hydroxyl groups is 1. The number of nitrogens with two attached hydrogens (primary N) is 1. The number of halogens is 3. The van der Waals surface area contributed by atoms with E-state index in [1.165, 1.54) is 6.07 Å². The van der Waals surface area contributed by atoms with Crippen molar-refractivity contribution in [1.82, 2.24) is 0 Å². The highest BCUT2D eigenvalue weighted by Crippen LogP contribution is 2.36. The molecule has 17 heavy (non-hydrogen) atoms. The lowest BCUT2D eigenvalue weighted by atomic mass is 9.98. The molecule has 92 valence electrons. The zero-order chi connectivity index (χ0) is 13.2. The van der Waals surface area contributed by atoms with Crippen LogP contribution < -0.4 is 5.73 Å². The molecule has 0 unspecified atom stereocenters. The number of nitrogens with zero attached hydrogens (tertiary/aromatic N) is 1. The Kier molecular flexibility index (Phi) is 3.60. The normalized spacial score (nSPS) is 13.2. The molecule has 0 amide bonds. The lowest BCUT2D eigenvalue weighted by Crippen LogP contribution is -2.36. The minimum Gasteiger partial charge on any atom is -0.506 e. The summed E-state index contributed by atoms with van der Waals surface area (Å²) in [7, 11) is 0. The number of hydrogen-bond donors (Lipinski definition) is 3. The molecule has 0 radical (unpaired) electrons. The fraction of sp³-hybridized carbons (Fsp3) is 0.300. The van der Waals surface area contributed by atoms with Gasteiger partial charge in [0.2, 0.25) is 0 Å². The summed E-state index contributed by atoms with van der Waals surface area (Å²) in [5, 5.41) is 26.4. The van der Waals surface area contributed by atoms with E-state index in [-0.39, 0.29) is 0 Å². The molecule has 4 nitrogen and oxygen atoms in total. The van der Waals surface area contributed by atoms with E-state index in [1.807, 2.05) is 0 Å². The zero-order valence-electron chi connectivity index (χ0n) is 8.49. The van der Waals surface area contributed by atoms with E-state index in [2.05, 4.69) is 0 Å². The molecule has 0 spiro atoms. The molecule has 1 aromatic carbocycles. The van der Waals surface area contributed by atoms with E-state index < -0.39 is 41.3 Å². The van der Waals surface area contributed by atoms with Gasteiger partial charge in [0.15, 0.2) is 0 Å². The maximum Gasteiger partial charge on any atom is 0.289 e. The van der Waals surface area contributed by atoms with Crippen molar-refractivity contribution in [2.75, 3.05) is 6.61 Å². The first kappa shape index (κ1) is 13.3. The van der Waals surface area contributed by atoms with Crippen LogP contribution in [0.25, 0.3) is 0 Å². The Hall–Kier alpha value is -1.78. The van der Waals surface area contributed by atoms with Gasteiger partial charge in [0.05, 0.1) is 0 Å². The lowest BCUT2D eigenvalue weighted by Gasteiger charge is -2.22. The van der Waals surface area contributed by atoms with E-state index in [1.54, 1.807) is 0 Å². The van der Waals surface area contributed by atoms with Crippen LogP contribution in [0, 0.1) is 17.1 Å². The molecule has 7 heteroatoms. The smallest absolute Gasteiger partial charge is 0.289 e. The molecule has 0 aliphatic carbocycles. The molecule has 1 rings (SSSR count). The molecule has 0 aliphatic heterocycles. The third kappa shape index (κ3) is 2.33. The van der Waals surface area contributed by atoms with Crippen molar-refractivity contribution in [2.45, 2.75) is 12.0 Å². The average Bonchev–Trinajstić information content (AvgIpc) is 2.29. The Morgan fingerprint density at radius 1 is 1.47 bits per heavy atom. The molecule has 0 saturated carbocycles. The van der Waals surface area contributed by atoms with Gasteiger partial charge in [-0.25, -0.2) is 13.2 Å². The van der Waals surface area contributed by atoms with Gasteiger partial charge in [-0.15, -0.1) is 0 Å². The van der Waals surface area contributed by atoms with E-state index in [0.29, 0.717) is 0 Å². The van der Waals surface area contributed by atoms with Gasteiger partial charge >= 0.3 is 0 Å². The first-order chi connectivity index (χ1) is 7.85. The second-order valence-corrected chi connectivity index (χ2v) is 3.37. The van der Waals surface area contributed by atoms with Gasteiger partial charge in [-0.2, -0.15) is 5.26 Å². The van der Waals surface area contributed by atoms with Crippen molar-refractivity contribution in [3.63, 3.8) is 0 Å². The summed E-state index contributed by atoms with van der Waals surface area (Å²) in [4.78, 5) is 0. The molecule has 1 atom stereocenters.